The largest absolute Gasteiger partial charge is 0.369 e. The van der Waals surface area contributed by atoms with Crippen LogP contribution >= 0.6 is 11.8 Å². The fourth-order valence-corrected chi connectivity index (χ4v) is 3.91. The summed E-state index contributed by atoms with van der Waals surface area (Å²) in [6, 6.07) is 0.593. The van der Waals surface area contributed by atoms with E-state index in [-0.39, 0.29) is 11.3 Å². The standard InChI is InChI=1S/C12H22N2OS/c13-11(15)12(5-1-2-6-12)9-14-10-4-3-7-16-8-10/h10,14H,1-9H2,(H2,13,15). The van der Waals surface area contributed by atoms with Gasteiger partial charge in [-0.25, -0.2) is 0 Å². The first-order chi connectivity index (χ1) is 7.73. The molecule has 0 aromatic carbocycles. The van der Waals surface area contributed by atoms with Gasteiger partial charge in [-0.1, -0.05) is 12.8 Å². The molecular formula is C12H22N2OS. The van der Waals surface area contributed by atoms with E-state index in [2.05, 4.69) is 5.32 Å². The highest BCUT2D eigenvalue weighted by Gasteiger charge is 2.39. The third-order valence-corrected chi connectivity index (χ3v) is 5.19. The summed E-state index contributed by atoms with van der Waals surface area (Å²) in [5, 5.41) is 3.56. The summed E-state index contributed by atoms with van der Waals surface area (Å²) in [4.78, 5) is 11.6. The molecule has 0 aromatic rings. The Hall–Kier alpha value is -0.220. The van der Waals surface area contributed by atoms with Crippen molar-refractivity contribution in [2.75, 3.05) is 18.1 Å². The van der Waals surface area contributed by atoms with E-state index in [1.165, 1.54) is 24.3 Å². The minimum Gasteiger partial charge on any atom is -0.369 e. The van der Waals surface area contributed by atoms with Gasteiger partial charge in [0.2, 0.25) is 5.91 Å². The Labute approximate surface area is 102 Å². The summed E-state index contributed by atoms with van der Waals surface area (Å²) in [6.45, 7) is 0.799. The lowest BCUT2D eigenvalue weighted by molar-refractivity contribution is -0.127. The zero-order valence-electron chi connectivity index (χ0n) is 9.84. The average Bonchev–Trinajstić information content (AvgIpc) is 2.78. The number of nitrogens with two attached hydrogens (primary N) is 1. The zero-order chi connectivity index (χ0) is 11.4. The van der Waals surface area contributed by atoms with Crippen molar-refractivity contribution in [2.24, 2.45) is 11.1 Å². The van der Waals surface area contributed by atoms with E-state index in [1.54, 1.807) is 0 Å². The summed E-state index contributed by atoms with van der Waals surface area (Å²) >= 11 is 2.01. The molecule has 2 aliphatic rings. The normalized spacial score (nSPS) is 29.1. The third kappa shape index (κ3) is 2.72. The summed E-state index contributed by atoms with van der Waals surface area (Å²) in [5.74, 6) is 2.38. The molecule has 0 bridgehead atoms. The van der Waals surface area contributed by atoms with Crippen molar-refractivity contribution in [1.29, 1.82) is 0 Å². The number of amides is 1. The molecule has 1 amide bonds. The molecule has 0 radical (unpaired) electrons. The average molecular weight is 242 g/mol. The van der Waals surface area contributed by atoms with Gasteiger partial charge in [0.1, 0.15) is 0 Å². The van der Waals surface area contributed by atoms with Crippen molar-refractivity contribution in [2.45, 2.75) is 44.6 Å². The van der Waals surface area contributed by atoms with Crippen molar-refractivity contribution in [1.82, 2.24) is 5.32 Å². The van der Waals surface area contributed by atoms with E-state index in [1.807, 2.05) is 11.8 Å². The maximum Gasteiger partial charge on any atom is 0.224 e. The van der Waals surface area contributed by atoms with Crippen LogP contribution in [-0.2, 0) is 4.79 Å². The summed E-state index contributed by atoms with van der Waals surface area (Å²) < 4.78 is 0. The molecule has 1 aliphatic carbocycles. The molecule has 0 aromatic heterocycles. The predicted molar refractivity (Wildman–Crippen MR) is 68.4 cm³/mol. The smallest absolute Gasteiger partial charge is 0.224 e. The van der Waals surface area contributed by atoms with Crippen LogP contribution in [0.3, 0.4) is 0 Å². The van der Waals surface area contributed by atoms with Crippen LogP contribution in [-0.4, -0.2) is 30.0 Å². The van der Waals surface area contributed by atoms with Gasteiger partial charge in [-0.3, -0.25) is 4.79 Å². The molecule has 1 saturated carbocycles. The Morgan fingerprint density at radius 3 is 2.69 bits per heavy atom. The number of nitrogens with one attached hydrogen (secondary N) is 1. The number of hydrogen-bond donors (Lipinski definition) is 2. The van der Waals surface area contributed by atoms with E-state index >= 15 is 0 Å². The van der Waals surface area contributed by atoms with Gasteiger partial charge in [0.25, 0.3) is 0 Å². The molecule has 1 saturated heterocycles. The molecular weight excluding hydrogens is 220 g/mol. The van der Waals surface area contributed by atoms with Crippen molar-refractivity contribution in [3.8, 4) is 0 Å². The lowest BCUT2D eigenvalue weighted by Gasteiger charge is -2.30. The van der Waals surface area contributed by atoms with Gasteiger partial charge in [-0.2, -0.15) is 11.8 Å². The van der Waals surface area contributed by atoms with Crippen molar-refractivity contribution >= 4 is 17.7 Å². The van der Waals surface area contributed by atoms with Gasteiger partial charge in [0.05, 0.1) is 5.41 Å². The molecule has 1 heterocycles. The van der Waals surface area contributed by atoms with Gasteiger partial charge in [-0.05, 0) is 31.4 Å². The first kappa shape index (κ1) is 12.2. The predicted octanol–water partition coefficient (Wildman–Crippen LogP) is 1.52. The van der Waals surface area contributed by atoms with E-state index in [4.69, 9.17) is 5.73 Å². The molecule has 0 spiro atoms. The Bertz CT molecular complexity index is 245. The second kappa shape index (κ2) is 5.41. The highest BCUT2D eigenvalue weighted by molar-refractivity contribution is 7.99. The quantitative estimate of drug-likeness (QED) is 0.786. The third-order valence-electron chi connectivity index (χ3n) is 3.97. The van der Waals surface area contributed by atoms with Crippen molar-refractivity contribution in [3.63, 3.8) is 0 Å². The number of thioether (sulfide) groups is 1. The summed E-state index contributed by atoms with van der Waals surface area (Å²) in [7, 11) is 0. The maximum absolute atomic E-state index is 11.6. The number of hydrogen-bond acceptors (Lipinski definition) is 3. The molecule has 3 N–H and O–H groups in total. The molecule has 1 atom stereocenters. The van der Waals surface area contributed by atoms with E-state index in [0.29, 0.717) is 6.04 Å². The second-order valence-corrected chi connectivity index (χ2v) is 6.30. The van der Waals surface area contributed by atoms with Crippen LogP contribution in [0.25, 0.3) is 0 Å². The van der Waals surface area contributed by atoms with Gasteiger partial charge >= 0.3 is 0 Å². The number of rotatable bonds is 4. The van der Waals surface area contributed by atoms with E-state index in [9.17, 15) is 4.79 Å². The van der Waals surface area contributed by atoms with E-state index < -0.39 is 0 Å². The van der Waals surface area contributed by atoms with Gasteiger partial charge in [0, 0.05) is 18.3 Å². The topological polar surface area (TPSA) is 55.1 Å². The van der Waals surface area contributed by atoms with Crippen LogP contribution in [0.1, 0.15) is 38.5 Å². The van der Waals surface area contributed by atoms with Crippen molar-refractivity contribution < 1.29 is 4.79 Å². The van der Waals surface area contributed by atoms with E-state index in [0.717, 1.165) is 32.2 Å². The van der Waals surface area contributed by atoms with Crippen LogP contribution in [0.4, 0.5) is 0 Å². The molecule has 3 nitrogen and oxygen atoms in total. The first-order valence-electron chi connectivity index (χ1n) is 6.34. The fraction of sp³-hybridized carbons (Fsp3) is 0.917. The fourth-order valence-electron chi connectivity index (χ4n) is 2.80. The number of carbonyl (C=O) groups excluding carboxylic acids is 1. The number of carbonyl (C=O) groups is 1. The lowest BCUT2D eigenvalue weighted by Crippen LogP contribution is -2.47. The van der Waals surface area contributed by atoms with Gasteiger partial charge in [0.15, 0.2) is 0 Å². The minimum absolute atomic E-state index is 0.0963. The Balaban J connectivity index is 1.84. The molecule has 4 heteroatoms. The number of primary amides is 1. The molecule has 1 unspecified atom stereocenters. The van der Waals surface area contributed by atoms with Crippen LogP contribution in [0.15, 0.2) is 0 Å². The van der Waals surface area contributed by atoms with Gasteiger partial charge in [-0.15, -0.1) is 0 Å². The maximum atomic E-state index is 11.6. The Morgan fingerprint density at radius 2 is 2.12 bits per heavy atom. The molecule has 16 heavy (non-hydrogen) atoms. The van der Waals surface area contributed by atoms with Crippen LogP contribution in [0, 0.1) is 5.41 Å². The van der Waals surface area contributed by atoms with Crippen LogP contribution < -0.4 is 11.1 Å². The highest BCUT2D eigenvalue weighted by atomic mass is 32.2. The lowest BCUT2D eigenvalue weighted by atomic mass is 9.85. The van der Waals surface area contributed by atoms with Gasteiger partial charge < -0.3 is 11.1 Å². The molecule has 2 rings (SSSR count). The molecule has 1 aliphatic heterocycles. The first-order valence-corrected chi connectivity index (χ1v) is 7.49. The molecule has 2 fully saturated rings. The zero-order valence-corrected chi connectivity index (χ0v) is 10.7. The Kier molecular flexibility index (Phi) is 4.14. The SMILES string of the molecule is NC(=O)C1(CNC2CCCSC2)CCCC1. The minimum atomic E-state index is -0.234. The Morgan fingerprint density at radius 1 is 1.38 bits per heavy atom. The molecule has 92 valence electrons. The summed E-state index contributed by atoms with van der Waals surface area (Å²) in [5.41, 5.74) is 5.33. The van der Waals surface area contributed by atoms with Crippen molar-refractivity contribution in [3.05, 3.63) is 0 Å². The van der Waals surface area contributed by atoms with Crippen LogP contribution in [0.5, 0.6) is 0 Å². The van der Waals surface area contributed by atoms with Crippen LogP contribution in [0.2, 0.25) is 0 Å². The highest BCUT2D eigenvalue weighted by Crippen LogP contribution is 2.37. The second-order valence-electron chi connectivity index (χ2n) is 5.15. The summed E-state index contributed by atoms with van der Waals surface area (Å²) in [6.07, 6.45) is 6.83. The monoisotopic (exact) mass is 242 g/mol.